The van der Waals surface area contributed by atoms with Crippen molar-refractivity contribution in [2.45, 2.75) is 12.8 Å². The molecule has 1 N–H and O–H groups in total. The van der Waals surface area contributed by atoms with E-state index in [1.807, 2.05) is 4.90 Å². The maximum absolute atomic E-state index is 12.7. The van der Waals surface area contributed by atoms with Crippen LogP contribution in [0.15, 0.2) is 18.2 Å². The summed E-state index contributed by atoms with van der Waals surface area (Å²) in [5.74, 6) is 0.120. The van der Waals surface area contributed by atoms with Crippen molar-refractivity contribution in [3.63, 3.8) is 0 Å². The van der Waals surface area contributed by atoms with E-state index in [0.29, 0.717) is 31.9 Å². The molecule has 0 atom stereocenters. The fraction of sp³-hybridized carbons (Fsp3) is 0.500. The number of nitro benzene ring substituents is 1. The summed E-state index contributed by atoms with van der Waals surface area (Å²) < 4.78 is 0. The van der Waals surface area contributed by atoms with E-state index in [1.165, 1.54) is 18.2 Å². The topological polar surface area (TPSA) is 95.8 Å². The average molecular weight is 332 g/mol. The number of benzene rings is 1. The third kappa shape index (κ3) is 3.17. The van der Waals surface area contributed by atoms with Gasteiger partial charge in [-0.05, 0) is 18.9 Å². The molecule has 2 fully saturated rings. The molecule has 2 amide bonds. The number of nitro groups is 1. The number of carbonyl (C=O) groups excluding carboxylic acids is 2. The summed E-state index contributed by atoms with van der Waals surface area (Å²) in [5, 5.41) is 13.9. The second-order valence-corrected chi connectivity index (χ2v) is 6.13. The molecule has 0 radical (unpaired) electrons. The standard InChI is InChI=1S/C16H20N4O4/c1-17-14-5-4-12(20(23)24)10-13(14)16(22)19-8-6-18(7-9-19)15(21)11-2-3-11/h4-5,10-11,17H,2-3,6-9H2,1H3. The van der Waals surface area contributed by atoms with Crippen molar-refractivity contribution in [1.29, 1.82) is 0 Å². The fourth-order valence-electron chi connectivity index (χ4n) is 2.93. The van der Waals surface area contributed by atoms with E-state index in [9.17, 15) is 19.7 Å². The second-order valence-electron chi connectivity index (χ2n) is 6.13. The lowest BCUT2D eigenvalue weighted by Gasteiger charge is -2.35. The third-order valence-corrected chi connectivity index (χ3v) is 4.52. The molecule has 1 aromatic carbocycles. The largest absolute Gasteiger partial charge is 0.387 e. The minimum atomic E-state index is -0.511. The van der Waals surface area contributed by atoms with Crippen molar-refractivity contribution >= 4 is 23.2 Å². The van der Waals surface area contributed by atoms with E-state index < -0.39 is 4.92 Å². The number of nitrogens with zero attached hydrogens (tertiary/aromatic N) is 3. The molecule has 0 spiro atoms. The molecule has 0 bridgehead atoms. The van der Waals surface area contributed by atoms with Crippen LogP contribution in [0.25, 0.3) is 0 Å². The van der Waals surface area contributed by atoms with Gasteiger partial charge in [0.1, 0.15) is 0 Å². The molecule has 1 heterocycles. The molecule has 0 unspecified atom stereocenters. The average Bonchev–Trinajstić information content (AvgIpc) is 3.45. The van der Waals surface area contributed by atoms with Gasteiger partial charge in [0, 0.05) is 57.0 Å². The molecule has 1 saturated heterocycles. The van der Waals surface area contributed by atoms with Gasteiger partial charge in [-0.2, -0.15) is 0 Å². The minimum Gasteiger partial charge on any atom is -0.387 e. The van der Waals surface area contributed by atoms with Crippen LogP contribution in [0.1, 0.15) is 23.2 Å². The number of hydrogen-bond acceptors (Lipinski definition) is 5. The van der Waals surface area contributed by atoms with E-state index in [4.69, 9.17) is 0 Å². The second kappa shape index (κ2) is 6.46. The molecule has 0 aromatic heterocycles. The molecule has 1 saturated carbocycles. The summed E-state index contributed by atoms with van der Waals surface area (Å²) in [5.41, 5.74) is 0.732. The molecule has 8 nitrogen and oxygen atoms in total. The lowest BCUT2D eigenvalue weighted by Crippen LogP contribution is -2.51. The van der Waals surface area contributed by atoms with Gasteiger partial charge in [-0.25, -0.2) is 0 Å². The highest BCUT2D eigenvalue weighted by molar-refractivity contribution is 6.00. The molecule has 1 aliphatic carbocycles. The summed E-state index contributed by atoms with van der Waals surface area (Å²) in [7, 11) is 1.67. The van der Waals surface area contributed by atoms with Gasteiger partial charge in [-0.15, -0.1) is 0 Å². The number of carbonyl (C=O) groups is 2. The summed E-state index contributed by atoms with van der Waals surface area (Å²) in [6.45, 7) is 1.93. The number of amides is 2. The first-order chi connectivity index (χ1) is 11.5. The zero-order valence-electron chi connectivity index (χ0n) is 13.5. The van der Waals surface area contributed by atoms with E-state index in [1.54, 1.807) is 11.9 Å². The molecule has 24 heavy (non-hydrogen) atoms. The van der Waals surface area contributed by atoms with Crippen molar-refractivity contribution in [2.24, 2.45) is 5.92 Å². The normalized spacial score (nSPS) is 17.5. The van der Waals surface area contributed by atoms with Gasteiger partial charge in [-0.3, -0.25) is 19.7 Å². The molecule has 1 aromatic rings. The van der Waals surface area contributed by atoms with Gasteiger partial charge in [0.25, 0.3) is 11.6 Å². The van der Waals surface area contributed by atoms with Crippen molar-refractivity contribution in [2.75, 3.05) is 38.5 Å². The maximum Gasteiger partial charge on any atom is 0.270 e. The van der Waals surface area contributed by atoms with E-state index in [2.05, 4.69) is 5.32 Å². The zero-order valence-corrected chi connectivity index (χ0v) is 13.5. The Morgan fingerprint density at radius 1 is 1.17 bits per heavy atom. The lowest BCUT2D eigenvalue weighted by molar-refractivity contribution is -0.384. The Kier molecular flexibility index (Phi) is 4.37. The summed E-state index contributed by atoms with van der Waals surface area (Å²) >= 11 is 0. The Bertz CT molecular complexity index is 679. The summed E-state index contributed by atoms with van der Waals surface area (Å²) in [6.07, 6.45) is 1.94. The van der Waals surface area contributed by atoms with E-state index in [-0.39, 0.29) is 29.0 Å². The molecule has 128 valence electrons. The Balaban J connectivity index is 1.71. The fourth-order valence-corrected chi connectivity index (χ4v) is 2.93. The lowest BCUT2D eigenvalue weighted by atomic mass is 10.1. The SMILES string of the molecule is CNc1ccc([N+](=O)[O-])cc1C(=O)N1CCN(C(=O)C2CC2)CC1. The highest BCUT2D eigenvalue weighted by atomic mass is 16.6. The van der Waals surface area contributed by atoms with Gasteiger partial charge in [0.05, 0.1) is 10.5 Å². The number of piperazine rings is 1. The smallest absolute Gasteiger partial charge is 0.270 e. The van der Waals surface area contributed by atoms with Crippen LogP contribution >= 0.6 is 0 Å². The van der Waals surface area contributed by atoms with Crippen LogP contribution in [0.2, 0.25) is 0 Å². The number of nitrogens with one attached hydrogen (secondary N) is 1. The predicted molar refractivity (Wildman–Crippen MR) is 87.9 cm³/mol. The van der Waals surface area contributed by atoms with Crippen molar-refractivity contribution in [3.8, 4) is 0 Å². The molecule has 1 aliphatic heterocycles. The van der Waals surface area contributed by atoms with Crippen LogP contribution in [0.4, 0.5) is 11.4 Å². The monoisotopic (exact) mass is 332 g/mol. The van der Waals surface area contributed by atoms with Gasteiger partial charge in [-0.1, -0.05) is 0 Å². The van der Waals surface area contributed by atoms with Crippen LogP contribution in [-0.2, 0) is 4.79 Å². The predicted octanol–water partition coefficient (Wildman–Crippen LogP) is 1.33. The van der Waals surface area contributed by atoms with Crippen molar-refractivity contribution in [1.82, 2.24) is 9.80 Å². The Morgan fingerprint density at radius 3 is 2.33 bits per heavy atom. The first kappa shape index (κ1) is 16.2. The molecule has 3 rings (SSSR count). The van der Waals surface area contributed by atoms with Crippen LogP contribution in [0.3, 0.4) is 0 Å². The number of non-ortho nitro benzene ring substituents is 1. The van der Waals surface area contributed by atoms with Crippen LogP contribution in [0, 0.1) is 16.0 Å². The van der Waals surface area contributed by atoms with Crippen LogP contribution in [0.5, 0.6) is 0 Å². The van der Waals surface area contributed by atoms with E-state index >= 15 is 0 Å². The van der Waals surface area contributed by atoms with Crippen LogP contribution in [-0.4, -0.2) is 59.8 Å². The van der Waals surface area contributed by atoms with Gasteiger partial charge >= 0.3 is 0 Å². The molecular weight excluding hydrogens is 312 g/mol. The Hall–Kier alpha value is -2.64. The highest BCUT2D eigenvalue weighted by Gasteiger charge is 2.35. The van der Waals surface area contributed by atoms with Crippen molar-refractivity contribution < 1.29 is 14.5 Å². The first-order valence-electron chi connectivity index (χ1n) is 8.05. The Morgan fingerprint density at radius 2 is 1.79 bits per heavy atom. The number of rotatable bonds is 4. The zero-order chi connectivity index (χ0) is 17.3. The highest BCUT2D eigenvalue weighted by Crippen LogP contribution is 2.31. The quantitative estimate of drug-likeness (QED) is 0.663. The van der Waals surface area contributed by atoms with Crippen molar-refractivity contribution in [3.05, 3.63) is 33.9 Å². The first-order valence-corrected chi connectivity index (χ1v) is 8.05. The molecule has 2 aliphatic rings. The minimum absolute atomic E-state index is 0.111. The van der Waals surface area contributed by atoms with E-state index in [0.717, 1.165) is 12.8 Å². The summed E-state index contributed by atoms with van der Waals surface area (Å²) in [4.78, 5) is 38.7. The van der Waals surface area contributed by atoms with Gasteiger partial charge in [0.15, 0.2) is 0 Å². The molecule has 8 heteroatoms. The maximum atomic E-state index is 12.7. The summed E-state index contributed by atoms with van der Waals surface area (Å²) in [6, 6.07) is 4.21. The number of anilines is 1. The molecular formula is C16H20N4O4. The van der Waals surface area contributed by atoms with Crippen LogP contribution < -0.4 is 5.32 Å². The van der Waals surface area contributed by atoms with Gasteiger partial charge in [0.2, 0.25) is 5.91 Å². The number of hydrogen-bond donors (Lipinski definition) is 1. The third-order valence-electron chi connectivity index (χ3n) is 4.52. The van der Waals surface area contributed by atoms with Gasteiger partial charge < -0.3 is 15.1 Å². The Labute approximate surface area is 139 Å².